The molecule has 0 aliphatic rings. The minimum absolute atomic E-state index is 0.320. The predicted octanol–water partition coefficient (Wildman–Crippen LogP) is 0.235. The Morgan fingerprint density at radius 3 is 3.17 bits per heavy atom. The molecule has 2 rings (SSSR count). The zero-order valence-corrected chi connectivity index (χ0v) is 6.39. The lowest BCUT2D eigenvalue weighted by molar-refractivity contribution is 0.736. The molecule has 0 saturated carbocycles. The van der Waals surface area contributed by atoms with Crippen LogP contribution in [0, 0.1) is 11.3 Å². The van der Waals surface area contributed by atoms with Gasteiger partial charge in [0.25, 0.3) is 0 Å². The third-order valence-electron chi connectivity index (χ3n) is 1.64. The van der Waals surface area contributed by atoms with E-state index in [1.807, 2.05) is 6.07 Å². The maximum Gasteiger partial charge on any atom is 0.170 e. The van der Waals surface area contributed by atoms with Crippen molar-refractivity contribution in [3.63, 3.8) is 0 Å². The van der Waals surface area contributed by atoms with Gasteiger partial charge in [0.15, 0.2) is 5.69 Å². The summed E-state index contributed by atoms with van der Waals surface area (Å²) < 4.78 is 1.61. The zero-order valence-electron chi connectivity index (χ0n) is 6.39. The van der Waals surface area contributed by atoms with E-state index in [9.17, 15) is 0 Å². The lowest BCUT2D eigenvalue weighted by Gasteiger charge is -1.90. The van der Waals surface area contributed by atoms with Crippen LogP contribution in [0.2, 0.25) is 0 Å². The number of aryl methyl sites for hydroxylation is 1. The minimum atomic E-state index is 0.320. The quantitative estimate of drug-likeness (QED) is 0.552. The highest BCUT2D eigenvalue weighted by atomic mass is 15.4. The Balaban J connectivity index is 2.92. The van der Waals surface area contributed by atoms with Crippen LogP contribution < -0.4 is 0 Å². The summed E-state index contributed by atoms with van der Waals surface area (Å²) in [6.45, 7) is 0. The molecule has 0 fully saturated rings. The monoisotopic (exact) mass is 159 g/mol. The van der Waals surface area contributed by atoms with E-state index < -0.39 is 0 Å². The Bertz CT molecular complexity index is 464. The number of hydrogen-bond donors (Lipinski definition) is 0. The molecule has 0 aliphatic carbocycles. The van der Waals surface area contributed by atoms with E-state index in [0.29, 0.717) is 11.2 Å². The number of aromatic nitrogens is 4. The van der Waals surface area contributed by atoms with Crippen molar-refractivity contribution < 1.29 is 0 Å². The van der Waals surface area contributed by atoms with Crippen molar-refractivity contribution >= 4 is 11.0 Å². The van der Waals surface area contributed by atoms with E-state index in [1.54, 1.807) is 24.0 Å². The first-order valence-electron chi connectivity index (χ1n) is 3.37. The first-order valence-corrected chi connectivity index (χ1v) is 3.37. The van der Waals surface area contributed by atoms with Crippen molar-refractivity contribution in [3.8, 4) is 6.07 Å². The molecule has 0 saturated heterocycles. The molecule has 0 amide bonds. The highest BCUT2D eigenvalue weighted by Gasteiger charge is 2.05. The van der Waals surface area contributed by atoms with Crippen LogP contribution in [0.4, 0.5) is 0 Å². The van der Waals surface area contributed by atoms with Gasteiger partial charge in [0.2, 0.25) is 0 Å². The first kappa shape index (κ1) is 6.73. The molecule has 0 radical (unpaired) electrons. The fourth-order valence-corrected chi connectivity index (χ4v) is 1.05. The van der Waals surface area contributed by atoms with Gasteiger partial charge < -0.3 is 0 Å². The summed E-state index contributed by atoms with van der Waals surface area (Å²) in [6.07, 6.45) is 1.57. The second-order valence-corrected chi connectivity index (χ2v) is 2.35. The topological polar surface area (TPSA) is 67.4 Å². The summed E-state index contributed by atoms with van der Waals surface area (Å²) in [5.74, 6) is 0. The van der Waals surface area contributed by atoms with Gasteiger partial charge in [-0.3, -0.25) is 0 Å². The second-order valence-electron chi connectivity index (χ2n) is 2.35. The Kier molecular flexibility index (Phi) is 1.27. The Morgan fingerprint density at radius 1 is 1.58 bits per heavy atom. The van der Waals surface area contributed by atoms with E-state index >= 15 is 0 Å². The molecule has 2 aromatic rings. The van der Waals surface area contributed by atoms with Gasteiger partial charge in [-0.25, -0.2) is 9.67 Å². The third-order valence-corrected chi connectivity index (χ3v) is 1.64. The molecular weight excluding hydrogens is 154 g/mol. The van der Waals surface area contributed by atoms with Crippen molar-refractivity contribution in [2.45, 2.75) is 0 Å². The smallest absolute Gasteiger partial charge is 0.170 e. The van der Waals surface area contributed by atoms with Gasteiger partial charge in [-0.05, 0) is 6.07 Å². The van der Waals surface area contributed by atoms with Crippen molar-refractivity contribution in [2.75, 3.05) is 0 Å². The van der Waals surface area contributed by atoms with Crippen LogP contribution in [0.3, 0.4) is 0 Å². The van der Waals surface area contributed by atoms with E-state index in [0.717, 1.165) is 5.52 Å². The first-order chi connectivity index (χ1) is 5.83. The van der Waals surface area contributed by atoms with Crippen molar-refractivity contribution in [3.05, 3.63) is 18.0 Å². The number of pyridine rings is 1. The standard InChI is InChI=1S/C7H5N5/c1-12-6-2-3-9-5(4-8)7(6)10-11-12/h2-3H,1H3. The largest absolute Gasteiger partial charge is 0.248 e. The van der Waals surface area contributed by atoms with E-state index in [-0.39, 0.29) is 0 Å². The Hall–Kier alpha value is -1.96. The molecule has 5 heteroatoms. The molecule has 0 bridgehead atoms. The third kappa shape index (κ3) is 0.751. The summed E-state index contributed by atoms with van der Waals surface area (Å²) >= 11 is 0. The molecule has 58 valence electrons. The van der Waals surface area contributed by atoms with E-state index in [2.05, 4.69) is 15.3 Å². The van der Waals surface area contributed by atoms with Gasteiger partial charge in [0.1, 0.15) is 11.6 Å². The van der Waals surface area contributed by atoms with Gasteiger partial charge in [0, 0.05) is 13.2 Å². The molecule has 0 unspecified atom stereocenters. The highest BCUT2D eigenvalue weighted by molar-refractivity contribution is 5.78. The maximum atomic E-state index is 8.66. The maximum absolute atomic E-state index is 8.66. The highest BCUT2D eigenvalue weighted by Crippen LogP contribution is 2.10. The average molecular weight is 159 g/mol. The number of nitriles is 1. The van der Waals surface area contributed by atoms with Crippen LogP contribution in [-0.4, -0.2) is 20.0 Å². The zero-order chi connectivity index (χ0) is 8.55. The van der Waals surface area contributed by atoms with Gasteiger partial charge in [-0.2, -0.15) is 5.26 Å². The summed E-state index contributed by atoms with van der Waals surface area (Å²) in [6, 6.07) is 3.73. The number of fused-ring (bicyclic) bond motifs is 1. The average Bonchev–Trinajstić information content (AvgIpc) is 2.48. The fraction of sp³-hybridized carbons (Fsp3) is 0.143. The molecular formula is C7H5N5. The van der Waals surface area contributed by atoms with Crippen LogP contribution in [0.15, 0.2) is 12.3 Å². The second kappa shape index (κ2) is 2.27. The van der Waals surface area contributed by atoms with Gasteiger partial charge in [-0.15, -0.1) is 5.10 Å². The number of rotatable bonds is 0. The van der Waals surface area contributed by atoms with Crippen LogP contribution in [0.5, 0.6) is 0 Å². The van der Waals surface area contributed by atoms with Gasteiger partial charge >= 0.3 is 0 Å². The molecule has 2 heterocycles. The number of hydrogen-bond acceptors (Lipinski definition) is 4. The summed E-state index contributed by atoms with van der Waals surface area (Å²) in [5, 5.41) is 16.3. The Morgan fingerprint density at radius 2 is 2.42 bits per heavy atom. The molecule has 0 aromatic carbocycles. The predicted molar refractivity (Wildman–Crippen MR) is 41.0 cm³/mol. The van der Waals surface area contributed by atoms with Crippen LogP contribution in [-0.2, 0) is 7.05 Å². The molecule has 0 spiro atoms. The molecule has 0 N–H and O–H groups in total. The SMILES string of the molecule is Cn1nnc2c(C#N)nccc21. The minimum Gasteiger partial charge on any atom is -0.248 e. The number of nitrogens with zero attached hydrogens (tertiary/aromatic N) is 5. The fourth-order valence-electron chi connectivity index (χ4n) is 1.05. The molecule has 0 atom stereocenters. The van der Waals surface area contributed by atoms with E-state index in [4.69, 9.17) is 5.26 Å². The van der Waals surface area contributed by atoms with Crippen LogP contribution in [0.1, 0.15) is 5.69 Å². The van der Waals surface area contributed by atoms with E-state index in [1.165, 1.54) is 0 Å². The van der Waals surface area contributed by atoms with Crippen molar-refractivity contribution in [2.24, 2.45) is 7.05 Å². The van der Waals surface area contributed by atoms with Gasteiger partial charge in [0.05, 0.1) is 5.52 Å². The van der Waals surface area contributed by atoms with Crippen LogP contribution >= 0.6 is 0 Å². The molecule has 0 aliphatic heterocycles. The molecule has 2 aromatic heterocycles. The lowest BCUT2D eigenvalue weighted by Crippen LogP contribution is -1.89. The summed E-state index contributed by atoms with van der Waals surface area (Å²) in [7, 11) is 1.77. The Labute approximate surface area is 68.3 Å². The molecule has 5 nitrogen and oxygen atoms in total. The summed E-state index contributed by atoms with van der Waals surface area (Å²) in [5.41, 5.74) is 1.70. The van der Waals surface area contributed by atoms with Crippen molar-refractivity contribution in [1.82, 2.24) is 20.0 Å². The van der Waals surface area contributed by atoms with Crippen molar-refractivity contribution in [1.29, 1.82) is 5.26 Å². The van der Waals surface area contributed by atoms with Gasteiger partial charge in [-0.1, -0.05) is 5.21 Å². The van der Waals surface area contributed by atoms with Crippen LogP contribution in [0.25, 0.3) is 11.0 Å². The lowest BCUT2D eigenvalue weighted by atomic mass is 10.3. The normalized spacial score (nSPS) is 10.0. The summed E-state index contributed by atoms with van der Waals surface area (Å²) in [4.78, 5) is 3.86. The molecule has 12 heavy (non-hydrogen) atoms.